The van der Waals surface area contributed by atoms with Crippen LogP contribution in [0.3, 0.4) is 0 Å². The molecule has 1 aliphatic heterocycles. The van der Waals surface area contributed by atoms with Gasteiger partial charge in [0.2, 0.25) is 0 Å². The summed E-state index contributed by atoms with van der Waals surface area (Å²) in [5.74, 6) is -0.0826. The van der Waals surface area contributed by atoms with Gasteiger partial charge in [0.25, 0.3) is 5.91 Å². The molecule has 1 N–H and O–H groups in total. The van der Waals surface area contributed by atoms with Crippen molar-refractivity contribution in [2.45, 2.75) is 13.3 Å². The Morgan fingerprint density at radius 1 is 1.39 bits per heavy atom. The number of fused-ring (bicyclic) bond motifs is 1. The molecule has 5 heteroatoms. The highest BCUT2D eigenvalue weighted by Gasteiger charge is 2.27. The lowest BCUT2D eigenvalue weighted by Gasteiger charge is -2.16. The molecule has 2 aromatic rings. The summed E-state index contributed by atoms with van der Waals surface area (Å²) >= 11 is 0.982. The first-order valence-electron chi connectivity index (χ1n) is 5.76. The van der Waals surface area contributed by atoms with Crippen LogP contribution in [0.25, 0.3) is 0 Å². The number of hydrogen-bond acceptors (Lipinski definition) is 3. The Balaban J connectivity index is 2.00. The number of hydrogen-bond donors (Lipinski definition) is 1. The van der Waals surface area contributed by atoms with Crippen LogP contribution < -0.4 is 9.77 Å². The van der Waals surface area contributed by atoms with Crippen LogP contribution in [0, 0.1) is 6.92 Å². The Morgan fingerprint density at radius 3 is 2.89 bits per heavy atom. The number of carbonyl (C=O) groups is 1. The van der Waals surface area contributed by atoms with Crippen LogP contribution in [0.1, 0.15) is 20.9 Å². The van der Waals surface area contributed by atoms with Crippen molar-refractivity contribution in [1.82, 2.24) is 4.98 Å². The average Bonchev–Trinajstić information content (AvgIpc) is 2.92. The number of H-pyrrole nitrogens is 1. The number of rotatable bonds is 1. The normalized spacial score (nSPS) is 13.7. The number of para-hydroxylation sites is 1. The van der Waals surface area contributed by atoms with Crippen LogP contribution in [-0.4, -0.2) is 17.4 Å². The monoisotopic (exact) mass is 260 g/mol. The third-order valence-corrected chi connectivity index (χ3v) is 4.12. The molecule has 0 fully saturated rings. The van der Waals surface area contributed by atoms with Gasteiger partial charge in [0, 0.05) is 17.9 Å². The van der Waals surface area contributed by atoms with E-state index in [1.807, 2.05) is 24.3 Å². The minimum absolute atomic E-state index is 0.0826. The Kier molecular flexibility index (Phi) is 2.56. The molecule has 0 unspecified atom stereocenters. The Hall–Kier alpha value is -1.88. The molecule has 0 radical (unpaired) electrons. The maximum absolute atomic E-state index is 12.4. The minimum atomic E-state index is -0.177. The van der Waals surface area contributed by atoms with Crippen molar-refractivity contribution in [3.63, 3.8) is 0 Å². The van der Waals surface area contributed by atoms with Gasteiger partial charge in [-0.25, -0.2) is 0 Å². The standard InChI is InChI=1S/C13H12N2O2S/c1-8-11(18-13(17)14-8)12(16)15-7-6-9-4-2-3-5-10(9)15/h2-5H,6-7H2,1H3,(H,14,17). The third kappa shape index (κ3) is 1.67. The van der Waals surface area contributed by atoms with E-state index in [4.69, 9.17) is 0 Å². The van der Waals surface area contributed by atoms with Gasteiger partial charge in [-0.05, 0) is 25.0 Å². The van der Waals surface area contributed by atoms with E-state index in [0.717, 1.165) is 23.4 Å². The molecule has 4 nitrogen and oxygen atoms in total. The summed E-state index contributed by atoms with van der Waals surface area (Å²) in [4.78, 5) is 28.4. The predicted octanol–water partition coefficient (Wildman–Crippen LogP) is 1.95. The lowest BCUT2D eigenvalue weighted by Crippen LogP contribution is -2.28. The summed E-state index contributed by atoms with van der Waals surface area (Å²) < 4.78 is 0. The smallest absolute Gasteiger partial charge is 0.305 e. The van der Waals surface area contributed by atoms with E-state index < -0.39 is 0 Å². The molecule has 0 atom stereocenters. The van der Waals surface area contributed by atoms with Crippen molar-refractivity contribution >= 4 is 22.9 Å². The van der Waals surface area contributed by atoms with Crippen molar-refractivity contribution < 1.29 is 4.79 Å². The van der Waals surface area contributed by atoms with Crippen molar-refractivity contribution in [3.05, 3.63) is 50.1 Å². The second-order valence-corrected chi connectivity index (χ2v) is 5.29. The zero-order valence-electron chi connectivity index (χ0n) is 9.90. The number of aromatic amines is 1. The molecule has 1 aromatic heterocycles. The van der Waals surface area contributed by atoms with Crippen molar-refractivity contribution in [2.24, 2.45) is 0 Å². The molecule has 92 valence electrons. The summed E-state index contributed by atoms with van der Waals surface area (Å²) in [5.41, 5.74) is 2.80. The molecule has 1 aliphatic rings. The van der Waals surface area contributed by atoms with Gasteiger partial charge in [-0.15, -0.1) is 0 Å². The molecule has 18 heavy (non-hydrogen) atoms. The van der Waals surface area contributed by atoms with E-state index in [9.17, 15) is 9.59 Å². The number of thiazole rings is 1. The topological polar surface area (TPSA) is 53.2 Å². The second-order valence-electron chi connectivity index (χ2n) is 4.30. The largest absolute Gasteiger partial charge is 0.316 e. The molecule has 0 saturated heterocycles. The Morgan fingerprint density at radius 2 is 2.17 bits per heavy atom. The van der Waals surface area contributed by atoms with Gasteiger partial charge in [0.1, 0.15) is 4.88 Å². The minimum Gasteiger partial charge on any atom is -0.316 e. The summed E-state index contributed by atoms with van der Waals surface area (Å²) in [6.45, 7) is 2.44. The number of carbonyl (C=O) groups excluding carboxylic acids is 1. The first-order valence-corrected chi connectivity index (χ1v) is 6.58. The van der Waals surface area contributed by atoms with Crippen LogP contribution in [0.4, 0.5) is 5.69 Å². The van der Waals surface area contributed by atoms with E-state index in [0.29, 0.717) is 17.1 Å². The molecular weight excluding hydrogens is 248 g/mol. The molecule has 2 heterocycles. The molecule has 0 aliphatic carbocycles. The summed E-state index contributed by atoms with van der Waals surface area (Å²) in [6, 6.07) is 7.89. The molecule has 1 amide bonds. The van der Waals surface area contributed by atoms with Crippen molar-refractivity contribution in [2.75, 3.05) is 11.4 Å². The number of aromatic nitrogens is 1. The van der Waals surface area contributed by atoms with E-state index >= 15 is 0 Å². The highest BCUT2D eigenvalue weighted by atomic mass is 32.1. The van der Waals surface area contributed by atoms with Gasteiger partial charge in [0.05, 0.1) is 0 Å². The fourth-order valence-electron chi connectivity index (χ4n) is 2.28. The van der Waals surface area contributed by atoms with Gasteiger partial charge >= 0.3 is 4.87 Å². The van der Waals surface area contributed by atoms with Gasteiger partial charge < -0.3 is 9.88 Å². The molecular formula is C13H12N2O2S. The fourth-order valence-corrected chi connectivity index (χ4v) is 3.07. The van der Waals surface area contributed by atoms with Crippen LogP contribution in [-0.2, 0) is 6.42 Å². The molecule has 0 saturated carbocycles. The average molecular weight is 260 g/mol. The summed E-state index contributed by atoms with van der Waals surface area (Å²) in [6.07, 6.45) is 0.875. The van der Waals surface area contributed by atoms with Crippen molar-refractivity contribution in [3.8, 4) is 0 Å². The van der Waals surface area contributed by atoms with Crippen LogP contribution >= 0.6 is 11.3 Å². The van der Waals surface area contributed by atoms with Crippen LogP contribution in [0.2, 0.25) is 0 Å². The number of nitrogens with zero attached hydrogens (tertiary/aromatic N) is 1. The Bertz CT molecular complexity index is 672. The number of amides is 1. The highest BCUT2D eigenvalue weighted by molar-refractivity contribution is 7.11. The summed E-state index contributed by atoms with van der Waals surface area (Å²) in [5, 5.41) is 0. The fraction of sp³-hybridized carbons (Fsp3) is 0.231. The van der Waals surface area contributed by atoms with E-state index in [1.54, 1.807) is 11.8 Å². The van der Waals surface area contributed by atoms with Crippen LogP contribution in [0.5, 0.6) is 0 Å². The molecule has 1 aromatic carbocycles. The number of benzene rings is 1. The highest BCUT2D eigenvalue weighted by Crippen LogP contribution is 2.29. The summed E-state index contributed by atoms with van der Waals surface area (Å²) in [7, 11) is 0. The Labute approximate surface area is 108 Å². The van der Waals surface area contributed by atoms with Crippen LogP contribution in [0.15, 0.2) is 29.1 Å². The first-order chi connectivity index (χ1) is 8.66. The number of aryl methyl sites for hydroxylation is 1. The quantitative estimate of drug-likeness (QED) is 0.852. The number of nitrogens with one attached hydrogen (secondary N) is 1. The lowest BCUT2D eigenvalue weighted by molar-refractivity contribution is 0.0992. The van der Waals surface area contributed by atoms with E-state index in [2.05, 4.69) is 4.98 Å². The van der Waals surface area contributed by atoms with Gasteiger partial charge in [-0.1, -0.05) is 29.5 Å². The molecule has 0 spiro atoms. The molecule has 3 rings (SSSR count). The second kappa shape index (κ2) is 4.10. The zero-order chi connectivity index (χ0) is 12.7. The number of anilines is 1. The predicted molar refractivity (Wildman–Crippen MR) is 71.5 cm³/mol. The van der Waals surface area contributed by atoms with E-state index in [1.165, 1.54) is 5.56 Å². The van der Waals surface area contributed by atoms with E-state index in [-0.39, 0.29) is 10.8 Å². The maximum atomic E-state index is 12.4. The van der Waals surface area contributed by atoms with Gasteiger partial charge in [0.15, 0.2) is 0 Å². The van der Waals surface area contributed by atoms with Gasteiger partial charge in [-0.2, -0.15) is 0 Å². The van der Waals surface area contributed by atoms with Gasteiger partial charge in [-0.3, -0.25) is 9.59 Å². The maximum Gasteiger partial charge on any atom is 0.305 e. The van der Waals surface area contributed by atoms with Crippen molar-refractivity contribution in [1.29, 1.82) is 0 Å². The first kappa shape index (κ1) is 11.2. The SMILES string of the molecule is Cc1[nH]c(=O)sc1C(=O)N1CCc2ccccc21. The third-order valence-electron chi connectivity index (χ3n) is 3.15. The lowest BCUT2D eigenvalue weighted by atomic mass is 10.2. The zero-order valence-corrected chi connectivity index (χ0v) is 10.7. The molecule has 0 bridgehead atoms.